The minimum absolute atomic E-state index is 0.0486. The van der Waals surface area contributed by atoms with Crippen LogP contribution in [-0.4, -0.2) is 19.4 Å². The van der Waals surface area contributed by atoms with E-state index < -0.39 is 16.0 Å². The number of oxazole rings is 1. The molecule has 26 heavy (non-hydrogen) atoms. The number of nitrogens with zero attached hydrogens (tertiary/aromatic N) is 1. The van der Waals surface area contributed by atoms with E-state index >= 15 is 0 Å². The number of hydrogen-bond donors (Lipinski definition) is 1. The van der Waals surface area contributed by atoms with Gasteiger partial charge in [-0.2, -0.15) is 0 Å². The summed E-state index contributed by atoms with van der Waals surface area (Å²) in [6.07, 6.45) is 1.37. The molecule has 0 saturated heterocycles. The third-order valence-electron chi connectivity index (χ3n) is 3.41. The van der Waals surface area contributed by atoms with Gasteiger partial charge in [0.15, 0.2) is 0 Å². The first-order valence-corrected chi connectivity index (χ1v) is 9.26. The largest absolute Gasteiger partial charge is 0.455 e. The Bertz CT molecular complexity index is 1050. The van der Waals surface area contributed by atoms with Crippen molar-refractivity contribution in [2.45, 2.75) is 11.5 Å². The summed E-state index contributed by atoms with van der Waals surface area (Å²) in [5.41, 5.74) is 1.08. The van der Waals surface area contributed by atoms with E-state index in [0.29, 0.717) is 11.6 Å². The number of rotatable bonds is 5. The molecular formula is C17H13ClN2O5S. The zero-order valence-corrected chi connectivity index (χ0v) is 14.8. The van der Waals surface area contributed by atoms with E-state index in [1.54, 1.807) is 0 Å². The van der Waals surface area contributed by atoms with Gasteiger partial charge < -0.3 is 9.15 Å². The molecule has 1 aromatic heterocycles. The Labute approximate surface area is 154 Å². The van der Waals surface area contributed by atoms with Crippen LogP contribution in [0, 0.1) is 0 Å². The Morgan fingerprint density at radius 1 is 1.19 bits per heavy atom. The van der Waals surface area contributed by atoms with E-state index in [9.17, 15) is 13.2 Å². The molecule has 0 amide bonds. The number of sulfonamides is 1. The predicted molar refractivity (Wildman–Crippen MR) is 93.9 cm³/mol. The number of halogens is 1. The highest BCUT2D eigenvalue weighted by molar-refractivity contribution is 7.89. The number of carbonyl (C=O) groups is 1. The number of primary sulfonamides is 1. The third-order valence-corrected chi connectivity index (χ3v) is 4.65. The molecule has 7 nitrogen and oxygen atoms in total. The summed E-state index contributed by atoms with van der Waals surface area (Å²) < 4.78 is 33.3. The van der Waals surface area contributed by atoms with Gasteiger partial charge >= 0.3 is 5.97 Å². The van der Waals surface area contributed by atoms with Gasteiger partial charge in [-0.05, 0) is 30.3 Å². The van der Waals surface area contributed by atoms with Gasteiger partial charge in [0, 0.05) is 5.56 Å². The first-order chi connectivity index (χ1) is 12.3. The molecule has 3 aromatic rings. The van der Waals surface area contributed by atoms with Crippen LogP contribution in [0.3, 0.4) is 0 Å². The molecule has 9 heteroatoms. The van der Waals surface area contributed by atoms with Gasteiger partial charge in [-0.1, -0.05) is 29.8 Å². The SMILES string of the molecule is NS(=O)(=O)c1ccc(Cl)c(C(=O)OCc2coc(-c3ccccc3)n2)c1. The molecule has 3 rings (SSSR count). The quantitative estimate of drug-likeness (QED) is 0.668. The second kappa shape index (κ2) is 7.28. The maximum Gasteiger partial charge on any atom is 0.340 e. The molecule has 2 aromatic carbocycles. The van der Waals surface area contributed by atoms with Crippen LogP contribution in [-0.2, 0) is 21.4 Å². The van der Waals surface area contributed by atoms with Crippen molar-refractivity contribution >= 4 is 27.6 Å². The number of hydrogen-bond acceptors (Lipinski definition) is 6. The summed E-state index contributed by atoms with van der Waals surface area (Å²) in [6.45, 7) is -0.162. The van der Waals surface area contributed by atoms with Crippen molar-refractivity contribution in [2.24, 2.45) is 5.14 Å². The van der Waals surface area contributed by atoms with Crippen molar-refractivity contribution in [1.29, 1.82) is 0 Å². The minimum Gasteiger partial charge on any atom is -0.455 e. The zero-order chi connectivity index (χ0) is 18.7. The van der Waals surface area contributed by atoms with Gasteiger partial charge in [0.2, 0.25) is 15.9 Å². The summed E-state index contributed by atoms with van der Waals surface area (Å²) >= 11 is 5.94. The molecule has 0 fully saturated rings. The van der Waals surface area contributed by atoms with Crippen molar-refractivity contribution in [2.75, 3.05) is 0 Å². The molecule has 0 unspecified atom stereocenters. The van der Waals surface area contributed by atoms with Crippen LogP contribution >= 0.6 is 11.6 Å². The molecule has 0 spiro atoms. The van der Waals surface area contributed by atoms with Crippen LogP contribution < -0.4 is 5.14 Å². The van der Waals surface area contributed by atoms with E-state index in [4.69, 9.17) is 25.9 Å². The molecule has 134 valence electrons. The number of nitrogens with two attached hydrogens (primary N) is 1. The fourth-order valence-corrected chi connectivity index (χ4v) is 2.88. The van der Waals surface area contributed by atoms with Crippen molar-refractivity contribution in [3.63, 3.8) is 0 Å². The van der Waals surface area contributed by atoms with Gasteiger partial charge in [-0.25, -0.2) is 23.3 Å². The van der Waals surface area contributed by atoms with Gasteiger partial charge in [0.25, 0.3) is 0 Å². The second-order valence-electron chi connectivity index (χ2n) is 5.27. The second-order valence-corrected chi connectivity index (χ2v) is 7.24. The van der Waals surface area contributed by atoms with Crippen LogP contribution in [0.1, 0.15) is 16.1 Å². The number of esters is 1. The summed E-state index contributed by atoms with van der Waals surface area (Å²) in [5, 5.41) is 5.10. The maximum absolute atomic E-state index is 12.2. The molecule has 0 aliphatic carbocycles. The average molecular weight is 393 g/mol. The van der Waals surface area contributed by atoms with Crippen LogP contribution in [0.2, 0.25) is 5.02 Å². The van der Waals surface area contributed by atoms with E-state index in [0.717, 1.165) is 11.6 Å². The molecule has 0 bridgehead atoms. The highest BCUT2D eigenvalue weighted by Gasteiger charge is 2.18. The first kappa shape index (κ1) is 18.1. The topological polar surface area (TPSA) is 112 Å². The molecule has 0 aliphatic rings. The predicted octanol–water partition coefficient (Wildman–Crippen LogP) is 3.00. The lowest BCUT2D eigenvalue weighted by atomic mass is 10.2. The highest BCUT2D eigenvalue weighted by atomic mass is 35.5. The Morgan fingerprint density at radius 3 is 2.62 bits per heavy atom. The Hall–Kier alpha value is -2.68. The number of aromatic nitrogens is 1. The van der Waals surface area contributed by atoms with E-state index in [1.807, 2.05) is 30.3 Å². The van der Waals surface area contributed by atoms with Gasteiger partial charge in [0.1, 0.15) is 18.6 Å². The van der Waals surface area contributed by atoms with E-state index in [2.05, 4.69) is 4.98 Å². The van der Waals surface area contributed by atoms with E-state index in [-0.39, 0.29) is 22.1 Å². The fourth-order valence-electron chi connectivity index (χ4n) is 2.14. The average Bonchev–Trinajstić information content (AvgIpc) is 3.09. The molecule has 2 N–H and O–H groups in total. The molecule has 0 radical (unpaired) electrons. The summed E-state index contributed by atoms with van der Waals surface area (Å²) in [7, 11) is -3.96. The molecule has 0 aliphatic heterocycles. The maximum atomic E-state index is 12.2. The van der Waals surface area contributed by atoms with Crippen molar-refractivity contribution in [1.82, 2.24) is 4.98 Å². The molecule has 0 saturated carbocycles. The summed E-state index contributed by atoms with van der Waals surface area (Å²) in [6, 6.07) is 12.8. The Balaban J connectivity index is 1.73. The number of carbonyl (C=O) groups excluding carboxylic acids is 1. The van der Waals surface area contributed by atoms with Gasteiger partial charge in [-0.15, -0.1) is 0 Å². The Kier molecular flexibility index (Phi) is 5.08. The summed E-state index contributed by atoms with van der Waals surface area (Å²) in [5.74, 6) is -0.407. The number of ether oxygens (including phenoxy) is 1. The molecular weight excluding hydrogens is 380 g/mol. The lowest BCUT2D eigenvalue weighted by Crippen LogP contribution is -2.14. The Morgan fingerprint density at radius 2 is 1.92 bits per heavy atom. The van der Waals surface area contributed by atoms with Crippen molar-refractivity contribution in [3.05, 3.63) is 71.1 Å². The normalized spacial score (nSPS) is 11.3. The van der Waals surface area contributed by atoms with Crippen LogP contribution in [0.4, 0.5) is 0 Å². The zero-order valence-electron chi connectivity index (χ0n) is 13.3. The number of benzene rings is 2. The van der Waals surface area contributed by atoms with Crippen LogP contribution in [0.15, 0.2) is 64.1 Å². The highest BCUT2D eigenvalue weighted by Crippen LogP contribution is 2.22. The van der Waals surface area contributed by atoms with Gasteiger partial charge in [0.05, 0.1) is 15.5 Å². The third kappa shape index (κ3) is 4.10. The van der Waals surface area contributed by atoms with Crippen molar-refractivity contribution < 1.29 is 22.4 Å². The molecule has 1 heterocycles. The molecule has 0 atom stereocenters. The monoisotopic (exact) mass is 392 g/mol. The first-order valence-electron chi connectivity index (χ1n) is 7.34. The minimum atomic E-state index is -3.96. The van der Waals surface area contributed by atoms with Crippen molar-refractivity contribution in [3.8, 4) is 11.5 Å². The summed E-state index contributed by atoms with van der Waals surface area (Å²) in [4.78, 5) is 16.2. The van der Waals surface area contributed by atoms with Crippen LogP contribution in [0.25, 0.3) is 11.5 Å². The smallest absolute Gasteiger partial charge is 0.340 e. The van der Waals surface area contributed by atoms with Crippen LogP contribution in [0.5, 0.6) is 0 Å². The van der Waals surface area contributed by atoms with E-state index in [1.165, 1.54) is 18.4 Å². The lowest BCUT2D eigenvalue weighted by Gasteiger charge is -2.06. The fraction of sp³-hybridized carbons (Fsp3) is 0.0588. The lowest BCUT2D eigenvalue weighted by molar-refractivity contribution is 0.0467. The van der Waals surface area contributed by atoms with Gasteiger partial charge in [-0.3, -0.25) is 0 Å². The standard InChI is InChI=1S/C17H13ClN2O5S/c18-15-7-6-13(26(19,22)23)8-14(15)17(21)25-10-12-9-24-16(20-12)11-4-2-1-3-5-11/h1-9H,10H2,(H2,19,22,23).